The first kappa shape index (κ1) is 23.9. The summed E-state index contributed by atoms with van der Waals surface area (Å²) >= 11 is 0. The van der Waals surface area contributed by atoms with Crippen LogP contribution in [0.1, 0.15) is 24.2 Å². The van der Waals surface area contributed by atoms with Crippen molar-refractivity contribution >= 4 is 23.6 Å². The summed E-state index contributed by atoms with van der Waals surface area (Å²) in [5, 5.41) is 10.8. The van der Waals surface area contributed by atoms with Crippen LogP contribution in [0.25, 0.3) is 6.08 Å². The van der Waals surface area contributed by atoms with Crippen molar-refractivity contribution in [1.29, 1.82) is 0 Å². The Balaban J connectivity index is 1.66. The molecule has 1 aromatic carbocycles. The third-order valence-electron chi connectivity index (χ3n) is 5.24. The molecule has 0 bridgehead atoms. The maximum atomic E-state index is 13.1. The second kappa shape index (κ2) is 11.8. The zero-order chi connectivity index (χ0) is 23.6. The normalized spacial score (nSPS) is 15.5. The highest BCUT2D eigenvalue weighted by atomic mass is 16.6. The summed E-state index contributed by atoms with van der Waals surface area (Å²) in [7, 11) is 0. The van der Waals surface area contributed by atoms with E-state index in [4.69, 9.17) is 9.15 Å². The third kappa shape index (κ3) is 7.15. The fourth-order valence-corrected chi connectivity index (χ4v) is 3.51. The van der Waals surface area contributed by atoms with Gasteiger partial charge in [-0.15, -0.1) is 6.58 Å². The number of benzene rings is 1. The minimum Gasteiger partial charge on any atom is -0.467 e. The van der Waals surface area contributed by atoms with Crippen LogP contribution < -0.4 is 0 Å². The molecule has 1 aliphatic rings. The average molecular weight is 453 g/mol. The van der Waals surface area contributed by atoms with Crippen molar-refractivity contribution in [2.75, 3.05) is 26.2 Å². The van der Waals surface area contributed by atoms with Gasteiger partial charge < -0.3 is 19.0 Å². The van der Waals surface area contributed by atoms with Gasteiger partial charge >= 0.3 is 0 Å². The summed E-state index contributed by atoms with van der Waals surface area (Å²) in [5.41, 5.74) is 0.608. The van der Waals surface area contributed by atoms with Gasteiger partial charge in [-0.25, -0.2) is 0 Å². The number of rotatable bonds is 11. The Kier molecular flexibility index (Phi) is 8.54. The molecule has 33 heavy (non-hydrogen) atoms. The summed E-state index contributed by atoms with van der Waals surface area (Å²) in [6.45, 7) is 5.16. The van der Waals surface area contributed by atoms with Crippen LogP contribution in [0, 0.1) is 10.1 Å². The molecule has 1 saturated heterocycles. The monoisotopic (exact) mass is 453 g/mol. The Hall–Kier alpha value is -3.72. The van der Waals surface area contributed by atoms with Gasteiger partial charge in [0, 0.05) is 37.9 Å². The average Bonchev–Trinajstić information content (AvgIpc) is 3.51. The van der Waals surface area contributed by atoms with E-state index in [1.165, 1.54) is 23.1 Å². The quantitative estimate of drug-likeness (QED) is 0.223. The lowest BCUT2D eigenvalue weighted by atomic mass is 10.2. The van der Waals surface area contributed by atoms with Crippen LogP contribution in [0.5, 0.6) is 0 Å². The number of carbonyl (C=O) groups is 2. The molecular formula is C24H27N3O6. The lowest BCUT2D eigenvalue weighted by Gasteiger charge is -2.28. The van der Waals surface area contributed by atoms with E-state index < -0.39 is 4.92 Å². The Morgan fingerprint density at radius 2 is 2.00 bits per heavy atom. The van der Waals surface area contributed by atoms with Crippen LogP contribution in [0.4, 0.5) is 5.69 Å². The Bertz CT molecular complexity index is 978. The number of carbonyl (C=O) groups excluding carboxylic acids is 2. The summed E-state index contributed by atoms with van der Waals surface area (Å²) < 4.78 is 11.1. The van der Waals surface area contributed by atoms with Gasteiger partial charge in [-0.3, -0.25) is 19.7 Å². The molecule has 2 heterocycles. The van der Waals surface area contributed by atoms with Gasteiger partial charge in [0.05, 0.1) is 23.8 Å². The molecule has 9 heteroatoms. The van der Waals surface area contributed by atoms with E-state index in [1.807, 2.05) is 0 Å². The van der Waals surface area contributed by atoms with Gasteiger partial charge in [0.1, 0.15) is 12.3 Å². The van der Waals surface area contributed by atoms with Gasteiger partial charge in [-0.1, -0.05) is 6.08 Å². The van der Waals surface area contributed by atoms with Crippen LogP contribution in [0.2, 0.25) is 0 Å². The Morgan fingerprint density at radius 1 is 1.21 bits per heavy atom. The molecule has 0 saturated carbocycles. The van der Waals surface area contributed by atoms with E-state index in [-0.39, 0.29) is 36.7 Å². The number of ether oxygens (including phenoxy) is 1. The molecule has 174 valence electrons. The van der Waals surface area contributed by atoms with Crippen molar-refractivity contribution in [3.63, 3.8) is 0 Å². The number of hydrogen-bond donors (Lipinski definition) is 0. The molecule has 0 aliphatic carbocycles. The van der Waals surface area contributed by atoms with Crippen molar-refractivity contribution in [1.82, 2.24) is 9.80 Å². The number of nitro groups is 1. The van der Waals surface area contributed by atoms with Gasteiger partial charge in [0.25, 0.3) is 5.69 Å². The van der Waals surface area contributed by atoms with Crippen molar-refractivity contribution in [3.05, 3.63) is 82.8 Å². The summed E-state index contributed by atoms with van der Waals surface area (Å²) in [5.74, 6) is 0.0681. The second-order valence-corrected chi connectivity index (χ2v) is 7.68. The number of hydrogen-bond acceptors (Lipinski definition) is 6. The molecule has 9 nitrogen and oxygen atoms in total. The van der Waals surface area contributed by atoms with Crippen molar-refractivity contribution in [2.45, 2.75) is 25.5 Å². The van der Waals surface area contributed by atoms with Gasteiger partial charge in [0.2, 0.25) is 11.8 Å². The van der Waals surface area contributed by atoms with E-state index >= 15 is 0 Å². The Labute approximate surface area is 192 Å². The highest BCUT2D eigenvalue weighted by Crippen LogP contribution is 2.16. The van der Waals surface area contributed by atoms with E-state index in [9.17, 15) is 19.7 Å². The number of nitro benzene ring substituents is 1. The molecule has 0 N–H and O–H groups in total. The number of non-ortho nitro benzene ring substituents is 1. The minimum atomic E-state index is -0.485. The van der Waals surface area contributed by atoms with E-state index in [2.05, 4.69) is 6.58 Å². The molecule has 1 unspecified atom stereocenters. The first-order valence-corrected chi connectivity index (χ1v) is 10.7. The van der Waals surface area contributed by atoms with Crippen molar-refractivity contribution in [3.8, 4) is 0 Å². The van der Waals surface area contributed by atoms with E-state index in [0.717, 1.165) is 12.8 Å². The van der Waals surface area contributed by atoms with Crippen LogP contribution in [-0.4, -0.2) is 58.9 Å². The SMILES string of the molecule is C=CCN(CC(=O)N(Cc1ccco1)CC1CCCO1)C(=O)/C=C/c1ccc([N+](=O)[O-])cc1. The maximum absolute atomic E-state index is 13.1. The van der Waals surface area contributed by atoms with Crippen molar-refractivity contribution in [2.24, 2.45) is 0 Å². The van der Waals surface area contributed by atoms with Crippen LogP contribution in [0.15, 0.2) is 65.8 Å². The molecule has 1 aliphatic heterocycles. The molecule has 2 amide bonds. The standard InChI is InChI=1S/C24H27N3O6/c1-2-13-25(23(28)12-9-19-7-10-20(11-8-19)27(30)31)18-24(29)26(16-21-5-3-14-32-21)17-22-6-4-15-33-22/h2-3,5,7-12,14,22H,1,4,6,13,15-18H2/b12-9+. The predicted molar refractivity (Wildman–Crippen MR) is 122 cm³/mol. The summed E-state index contributed by atoms with van der Waals surface area (Å²) in [6.07, 6.45) is 7.82. The smallest absolute Gasteiger partial charge is 0.269 e. The van der Waals surface area contributed by atoms with E-state index in [0.29, 0.717) is 31.0 Å². The number of furan rings is 1. The fraction of sp³-hybridized carbons (Fsp3) is 0.333. The Morgan fingerprint density at radius 3 is 2.61 bits per heavy atom. The molecular weight excluding hydrogens is 426 g/mol. The second-order valence-electron chi connectivity index (χ2n) is 7.68. The molecule has 0 spiro atoms. The topological polar surface area (TPSA) is 106 Å². The lowest BCUT2D eigenvalue weighted by Crippen LogP contribution is -2.44. The lowest BCUT2D eigenvalue weighted by molar-refractivity contribution is -0.384. The van der Waals surface area contributed by atoms with E-state index in [1.54, 1.807) is 47.6 Å². The maximum Gasteiger partial charge on any atom is 0.269 e. The number of nitrogens with zero attached hydrogens (tertiary/aromatic N) is 3. The van der Waals surface area contributed by atoms with Gasteiger partial charge in [0.15, 0.2) is 0 Å². The molecule has 1 fully saturated rings. The molecule has 2 aromatic rings. The summed E-state index contributed by atoms with van der Waals surface area (Å²) in [4.78, 5) is 39.2. The molecule has 1 aromatic heterocycles. The number of amides is 2. The fourth-order valence-electron chi connectivity index (χ4n) is 3.51. The summed E-state index contributed by atoms with van der Waals surface area (Å²) in [6, 6.07) is 9.41. The zero-order valence-electron chi connectivity index (χ0n) is 18.3. The molecule has 3 rings (SSSR count). The molecule has 1 atom stereocenters. The minimum absolute atomic E-state index is 0.0275. The van der Waals surface area contributed by atoms with Crippen LogP contribution in [0.3, 0.4) is 0 Å². The van der Waals surface area contributed by atoms with Crippen LogP contribution in [-0.2, 0) is 20.9 Å². The van der Waals surface area contributed by atoms with Crippen molar-refractivity contribution < 1.29 is 23.7 Å². The first-order valence-electron chi connectivity index (χ1n) is 10.7. The predicted octanol–water partition coefficient (Wildman–Crippen LogP) is 3.42. The molecule has 0 radical (unpaired) electrons. The highest BCUT2D eigenvalue weighted by Gasteiger charge is 2.25. The van der Waals surface area contributed by atoms with Gasteiger partial charge in [-0.2, -0.15) is 0 Å². The van der Waals surface area contributed by atoms with Crippen LogP contribution >= 0.6 is 0 Å². The first-order chi connectivity index (χ1) is 16.0. The third-order valence-corrected chi connectivity index (χ3v) is 5.24. The highest BCUT2D eigenvalue weighted by molar-refractivity contribution is 5.94. The van der Waals surface area contributed by atoms with Gasteiger partial charge in [-0.05, 0) is 48.7 Å². The zero-order valence-corrected chi connectivity index (χ0v) is 18.3. The largest absolute Gasteiger partial charge is 0.467 e.